The number of hydrogen-bond acceptors (Lipinski definition) is 7. The van der Waals surface area contributed by atoms with Crippen LogP contribution >= 0.6 is 22.9 Å². The highest BCUT2D eigenvalue weighted by Crippen LogP contribution is 2.39. The van der Waals surface area contributed by atoms with Crippen molar-refractivity contribution in [2.24, 2.45) is 10.7 Å². The number of hydrogen-bond donors (Lipinski definition) is 3. The number of halogens is 4. The molecular formula is C24H26ClF3N6O3S. The van der Waals surface area contributed by atoms with Gasteiger partial charge in [0.25, 0.3) is 0 Å². The Morgan fingerprint density at radius 3 is 2.39 bits per heavy atom. The Hall–Kier alpha value is -3.29. The number of thiophene rings is 1. The summed E-state index contributed by atoms with van der Waals surface area (Å²) in [5, 5.41) is 20.5. The Labute approximate surface area is 225 Å². The molecule has 9 nitrogen and oxygen atoms in total. The number of carbonyl (C=O) groups is 2. The van der Waals surface area contributed by atoms with Crippen LogP contribution in [-0.4, -0.2) is 56.7 Å². The number of nitrogens with zero attached hydrogens (tertiary/aromatic N) is 4. The second-order valence-electron chi connectivity index (χ2n) is 8.40. The number of rotatable bonds is 6. The molecule has 1 aliphatic heterocycles. The number of nitrogens with two attached hydrogens (primary N) is 1. The smallest absolute Gasteiger partial charge is 0.475 e. The molecule has 0 unspecified atom stereocenters. The molecule has 1 aromatic carbocycles. The Morgan fingerprint density at radius 2 is 1.82 bits per heavy atom. The number of carboxylic acids is 1. The lowest BCUT2D eigenvalue weighted by Gasteiger charge is -2.13. The highest BCUT2D eigenvalue weighted by Gasteiger charge is 2.38. The van der Waals surface area contributed by atoms with Crippen molar-refractivity contribution in [1.82, 2.24) is 20.1 Å². The fraction of sp³-hybridized carbons (Fsp3) is 0.375. The van der Waals surface area contributed by atoms with Crippen LogP contribution in [0, 0.1) is 20.8 Å². The number of aliphatic carboxylic acids is 1. The molecule has 14 heteroatoms. The number of carboxylic acid groups (broad SMARTS) is 1. The molecule has 1 aliphatic rings. The van der Waals surface area contributed by atoms with Gasteiger partial charge < -0.3 is 16.2 Å². The number of aryl methyl sites for hydroxylation is 2. The quantitative estimate of drug-likeness (QED) is 0.378. The summed E-state index contributed by atoms with van der Waals surface area (Å²) in [6, 6.07) is 7.20. The van der Waals surface area contributed by atoms with E-state index in [2.05, 4.69) is 29.4 Å². The van der Waals surface area contributed by atoms with E-state index in [0.717, 1.165) is 34.1 Å². The van der Waals surface area contributed by atoms with Crippen LogP contribution in [0.4, 0.5) is 13.2 Å². The predicted octanol–water partition coefficient (Wildman–Crippen LogP) is 4.29. The molecule has 2 aromatic heterocycles. The third-order valence-electron chi connectivity index (χ3n) is 5.68. The maximum Gasteiger partial charge on any atom is 0.490 e. The Morgan fingerprint density at radius 1 is 1.18 bits per heavy atom. The Kier molecular flexibility index (Phi) is 9.28. The fourth-order valence-corrected chi connectivity index (χ4v) is 5.05. The molecule has 0 saturated carbocycles. The molecule has 4 rings (SSSR count). The first-order valence-electron chi connectivity index (χ1n) is 11.5. The van der Waals surface area contributed by atoms with Crippen molar-refractivity contribution in [2.75, 3.05) is 13.1 Å². The number of carbonyl (C=O) groups excluding carboxylic acids is 1. The Bertz CT molecular complexity index is 1350. The minimum Gasteiger partial charge on any atom is -0.475 e. The van der Waals surface area contributed by atoms with Gasteiger partial charge in [-0.15, -0.1) is 21.5 Å². The molecule has 0 spiro atoms. The van der Waals surface area contributed by atoms with Crippen molar-refractivity contribution in [2.45, 2.75) is 45.8 Å². The summed E-state index contributed by atoms with van der Waals surface area (Å²) in [4.78, 5) is 27.8. The third-order valence-corrected chi connectivity index (χ3v) is 7.13. The first-order chi connectivity index (χ1) is 17.8. The predicted molar refractivity (Wildman–Crippen MR) is 138 cm³/mol. The molecular weight excluding hydrogens is 545 g/mol. The SMILES string of the molecule is Cc1sc2c(c1C)C(c1ccc(Cl)cc1)=N[C@@H](CC(=O)NCCCN)c1nnc(C)n1-2.O=C(O)C(F)(F)F. The van der Waals surface area contributed by atoms with Crippen molar-refractivity contribution in [3.63, 3.8) is 0 Å². The van der Waals surface area contributed by atoms with E-state index in [4.69, 9.17) is 32.2 Å². The van der Waals surface area contributed by atoms with Gasteiger partial charge in [0, 0.05) is 27.6 Å². The van der Waals surface area contributed by atoms with Crippen LogP contribution in [0.25, 0.3) is 5.00 Å². The second kappa shape index (κ2) is 12.0. The lowest BCUT2D eigenvalue weighted by atomic mass is 9.99. The number of aliphatic imine (C=N–C) groups is 1. The number of amides is 1. The van der Waals surface area contributed by atoms with Gasteiger partial charge in [0.1, 0.15) is 16.9 Å². The van der Waals surface area contributed by atoms with E-state index in [-0.39, 0.29) is 12.3 Å². The summed E-state index contributed by atoms with van der Waals surface area (Å²) < 4.78 is 33.8. The maximum absolute atomic E-state index is 12.6. The summed E-state index contributed by atoms with van der Waals surface area (Å²) in [5.41, 5.74) is 9.56. The van der Waals surface area contributed by atoms with Gasteiger partial charge in [0.15, 0.2) is 5.82 Å². The molecule has 1 amide bonds. The lowest BCUT2D eigenvalue weighted by Crippen LogP contribution is -2.27. The van der Waals surface area contributed by atoms with Crippen LogP contribution in [0.1, 0.15) is 52.1 Å². The van der Waals surface area contributed by atoms with Gasteiger partial charge in [0.05, 0.1) is 12.1 Å². The second-order valence-corrected chi connectivity index (χ2v) is 10.0. The number of alkyl halides is 3. The zero-order valence-corrected chi connectivity index (χ0v) is 22.3. The van der Waals surface area contributed by atoms with E-state index in [1.54, 1.807) is 11.3 Å². The van der Waals surface area contributed by atoms with Crippen LogP contribution in [0.15, 0.2) is 29.3 Å². The van der Waals surface area contributed by atoms with Crippen molar-refractivity contribution >= 4 is 40.5 Å². The van der Waals surface area contributed by atoms with E-state index < -0.39 is 18.2 Å². The molecule has 3 aromatic rings. The molecule has 3 heterocycles. The fourth-order valence-electron chi connectivity index (χ4n) is 3.71. The van der Waals surface area contributed by atoms with Crippen molar-refractivity contribution in [1.29, 1.82) is 0 Å². The van der Waals surface area contributed by atoms with Crippen LogP contribution < -0.4 is 11.1 Å². The monoisotopic (exact) mass is 570 g/mol. The molecule has 0 saturated heterocycles. The third kappa shape index (κ3) is 6.58. The summed E-state index contributed by atoms with van der Waals surface area (Å²) in [6.45, 7) is 7.23. The number of nitrogens with one attached hydrogen (secondary N) is 1. The summed E-state index contributed by atoms with van der Waals surface area (Å²) in [7, 11) is 0. The van der Waals surface area contributed by atoms with E-state index in [0.29, 0.717) is 23.9 Å². The normalized spacial score (nSPS) is 14.4. The average molecular weight is 571 g/mol. The van der Waals surface area contributed by atoms with Gasteiger partial charge in [0.2, 0.25) is 5.91 Å². The standard InChI is InChI=1S/C22H25ClN6OS.C2HF3O2/c1-12-13(2)31-22-19(12)20(15-5-7-16(23)8-6-15)26-17(11-18(30)25-10-4-9-24)21-28-27-14(3)29(21)22;3-2(4,5)1(6)7/h5-8,17H,4,9-11,24H2,1-3H3,(H,25,30);(H,6,7)/t17-;/m0./s1. The highest BCUT2D eigenvalue weighted by molar-refractivity contribution is 7.15. The topological polar surface area (TPSA) is 135 Å². The van der Waals surface area contributed by atoms with E-state index in [1.165, 1.54) is 10.4 Å². The number of fused-ring (bicyclic) bond motifs is 3. The summed E-state index contributed by atoms with van der Waals surface area (Å²) in [6.07, 6.45) is -4.16. The van der Waals surface area contributed by atoms with Gasteiger partial charge in [-0.1, -0.05) is 23.7 Å². The van der Waals surface area contributed by atoms with Crippen LogP contribution in [0.2, 0.25) is 5.02 Å². The van der Waals surface area contributed by atoms with Crippen molar-refractivity contribution < 1.29 is 27.9 Å². The van der Waals surface area contributed by atoms with Crippen LogP contribution in [0.3, 0.4) is 0 Å². The molecule has 1 atom stereocenters. The van der Waals surface area contributed by atoms with E-state index in [9.17, 15) is 18.0 Å². The minimum atomic E-state index is -5.08. The zero-order valence-electron chi connectivity index (χ0n) is 20.8. The number of benzene rings is 1. The zero-order chi connectivity index (χ0) is 28.2. The van der Waals surface area contributed by atoms with Gasteiger partial charge >= 0.3 is 12.1 Å². The number of aromatic nitrogens is 3. The van der Waals surface area contributed by atoms with Gasteiger partial charge in [-0.05, 0) is 51.4 Å². The Balaban J connectivity index is 0.000000505. The maximum atomic E-state index is 12.6. The van der Waals surface area contributed by atoms with Gasteiger partial charge in [-0.3, -0.25) is 14.4 Å². The van der Waals surface area contributed by atoms with Crippen molar-refractivity contribution in [3.8, 4) is 5.00 Å². The molecule has 38 heavy (non-hydrogen) atoms. The van der Waals surface area contributed by atoms with E-state index in [1.807, 2.05) is 35.8 Å². The molecule has 0 aliphatic carbocycles. The largest absolute Gasteiger partial charge is 0.490 e. The average Bonchev–Trinajstić information content (AvgIpc) is 3.32. The lowest BCUT2D eigenvalue weighted by molar-refractivity contribution is -0.192. The molecule has 0 bridgehead atoms. The van der Waals surface area contributed by atoms with Crippen LogP contribution in [-0.2, 0) is 9.59 Å². The summed E-state index contributed by atoms with van der Waals surface area (Å²) in [5.74, 6) is -1.38. The molecule has 4 N–H and O–H groups in total. The van der Waals surface area contributed by atoms with Crippen molar-refractivity contribution in [3.05, 3.63) is 62.5 Å². The van der Waals surface area contributed by atoms with Gasteiger partial charge in [-0.2, -0.15) is 13.2 Å². The first kappa shape index (κ1) is 29.3. The van der Waals surface area contributed by atoms with Crippen LogP contribution in [0.5, 0.6) is 0 Å². The molecule has 0 fully saturated rings. The van der Waals surface area contributed by atoms with Gasteiger partial charge in [-0.25, -0.2) is 4.79 Å². The van der Waals surface area contributed by atoms with E-state index >= 15 is 0 Å². The molecule has 204 valence electrons. The summed E-state index contributed by atoms with van der Waals surface area (Å²) >= 11 is 7.82. The highest BCUT2D eigenvalue weighted by atomic mass is 35.5. The molecule has 0 radical (unpaired) electrons. The first-order valence-corrected chi connectivity index (χ1v) is 12.7. The minimum absolute atomic E-state index is 0.0805.